The van der Waals surface area contributed by atoms with Crippen LogP contribution in [0, 0.1) is 9.49 Å². The second kappa shape index (κ2) is 5.17. The molecule has 86 valence electrons. The van der Waals surface area contributed by atoms with Crippen molar-refractivity contribution in [2.45, 2.75) is 31.6 Å². The summed E-state index contributed by atoms with van der Waals surface area (Å²) in [5, 5.41) is 8.93. The van der Waals surface area contributed by atoms with E-state index in [0.717, 1.165) is 25.7 Å². The molecule has 1 N–H and O–H groups in total. The smallest absolute Gasteiger partial charge is 0.306 e. The van der Waals surface area contributed by atoms with Crippen LogP contribution < -0.4 is 0 Å². The molecular weight excluding hydrogens is 315 g/mol. The van der Waals surface area contributed by atoms with Gasteiger partial charge in [0, 0.05) is 3.57 Å². The Morgan fingerprint density at radius 2 is 1.69 bits per heavy atom. The first kappa shape index (κ1) is 11.9. The Kier molecular flexibility index (Phi) is 3.84. The molecule has 0 atom stereocenters. The number of carbonyl (C=O) groups is 1. The monoisotopic (exact) mass is 330 g/mol. The van der Waals surface area contributed by atoms with Crippen molar-refractivity contribution in [2.75, 3.05) is 0 Å². The highest BCUT2D eigenvalue weighted by Gasteiger charge is 2.26. The van der Waals surface area contributed by atoms with Crippen molar-refractivity contribution in [2.24, 2.45) is 5.92 Å². The predicted octanol–water partition coefficient (Wildman–Crippen LogP) is 3.65. The molecule has 2 rings (SSSR count). The molecule has 1 aliphatic rings. The molecule has 0 bridgehead atoms. The summed E-state index contributed by atoms with van der Waals surface area (Å²) in [5.74, 6) is -0.172. The largest absolute Gasteiger partial charge is 0.481 e. The summed E-state index contributed by atoms with van der Waals surface area (Å²) < 4.78 is 1.25. The molecule has 0 unspecified atom stereocenters. The number of aliphatic carboxylic acids is 1. The van der Waals surface area contributed by atoms with Crippen LogP contribution in [-0.4, -0.2) is 11.1 Å². The number of hydrogen-bond donors (Lipinski definition) is 1. The highest BCUT2D eigenvalue weighted by molar-refractivity contribution is 14.1. The van der Waals surface area contributed by atoms with Gasteiger partial charge in [-0.3, -0.25) is 4.79 Å². The van der Waals surface area contributed by atoms with Gasteiger partial charge in [0.2, 0.25) is 0 Å². The Morgan fingerprint density at radius 3 is 2.19 bits per heavy atom. The Balaban J connectivity index is 1.99. The van der Waals surface area contributed by atoms with Crippen molar-refractivity contribution in [3.63, 3.8) is 0 Å². The lowest BCUT2D eigenvalue weighted by molar-refractivity contribution is -0.142. The van der Waals surface area contributed by atoms with Crippen LogP contribution in [0.1, 0.15) is 37.2 Å². The van der Waals surface area contributed by atoms with Crippen molar-refractivity contribution >= 4 is 28.6 Å². The zero-order valence-corrected chi connectivity index (χ0v) is 11.2. The lowest BCUT2D eigenvalue weighted by Gasteiger charge is -2.26. The topological polar surface area (TPSA) is 37.3 Å². The standard InChI is InChI=1S/C13H15IO2/c14-12-7-5-10(6-8-12)9-1-3-11(4-2-9)13(15)16/h5-9,11H,1-4H2,(H,15,16). The molecule has 1 aromatic rings. The highest BCUT2D eigenvalue weighted by Crippen LogP contribution is 2.35. The maximum Gasteiger partial charge on any atom is 0.306 e. The third-order valence-corrected chi connectivity index (χ3v) is 4.14. The van der Waals surface area contributed by atoms with E-state index >= 15 is 0 Å². The molecule has 0 saturated heterocycles. The van der Waals surface area contributed by atoms with Gasteiger partial charge in [0.1, 0.15) is 0 Å². The van der Waals surface area contributed by atoms with Gasteiger partial charge in [-0.2, -0.15) is 0 Å². The van der Waals surface area contributed by atoms with Gasteiger partial charge in [0.25, 0.3) is 0 Å². The minimum Gasteiger partial charge on any atom is -0.481 e. The fourth-order valence-electron chi connectivity index (χ4n) is 2.41. The van der Waals surface area contributed by atoms with Crippen LogP contribution in [0.15, 0.2) is 24.3 Å². The van der Waals surface area contributed by atoms with Crippen molar-refractivity contribution in [1.82, 2.24) is 0 Å². The Bertz CT molecular complexity index is 364. The molecule has 1 saturated carbocycles. The Labute approximate surface area is 109 Å². The third-order valence-electron chi connectivity index (χ3n) is 3.42. The van der Waals surface area contributed by atoms with Gasteiger partial charge in [-0.1, -0.05) is 12.1 Å². The molecule has 16 heavy (non-hydrogen) atoms. The summed E-state index contributed by atoms with van der Waals surface area (Å²) in [5.41, 5.74) is 1.37. The van der Waals surface area contributed by atoms with E-state index in [9.17, 15) is 4.79 Å². The lowest BCUT2D eigenvalue weighted by atomic mass is 9.79. The molecular formula is C13H15IO2. The fraction of sp³-hybridized carbons (Fsp3) is 0.462. The molecule has 0 amide bonds. The van der Waals surface area contributed by atoms with E-state index in [1.54, 1.807) is 0 Å². The van der Waals surface area contributed by atoms with Gasteiger partial charge in [0.05, 0.1) is 5.92 Å². The molecule has 1 fully saturated rings. The van der Waals surface area contributed by atoms with Gasteiger partial charge in [-0.25, -0.2) is 0 Å². The van der Waals surface area contributed by atoms with Gasteiger partial charge < -0.3 is 5.11 Å². The molecule has 1 aliphatic carbocycles. The van der Waals surface area contributed by atoms with E-state index in [1.807, 2.05) is 0 Å². The van der Waals surface area contributed by atoms with E-state index < -0.39 is 5.97 Å². The summed E-state index contributed by atoms with van der Waals surface area (Å²) in [6.45, 7) is 0. The van der Waals surface area contributed by atoms with Crippen LogP contribution in [0.25, 0.3) is 0 Å². The van der Waals surface area contributed by atoms with Gasteiger partial charge in [0.15, 0.2) is 0 Å². The normalized spacial score (nSPS) is 25.3. The molecule has 0 aliphatic heterocycles. The van der Waals surface area contributed by atoms with Crippen LogP contribution >= 0.6 is 22.6 Å². The molecule has 0 heterocycles. The molecule has 2 nitrogen and oxygen atoms in total. The summed E-state index contributed by atoms with van der Waals surface area (Å²) in [4.78, 5) is 10.8. The van der Waals surface area contributed by atoms with Gasteiger partial charge in [-0.05, 0) is 71.9 Å². The third kappa shape index (κ3) is 2.75. The first-order valence-corrected chi connectivity index (χ1v) is 6.73. The average Bonchev–Trinajstić information content (AvgIpc) is 2.30. The number of carboxylic acids is 1. The number of benzene rings is 1. The number of carboxylic acid groups (broad SMARTS) is 1. The summed E-state index contributed by atoms with van der Waals surface area (Å²) in [6, 6.07) is 8.60. The van der Waals surface area contributed by atoms with E-state index in [1.165, 1.54) is 9.13 Å². The first-order chi connectivity index (χ1) is 7.66. The molecule has 0 aromatic heterocycles. The summed E-state index contributed by atoms with van der Waals surface area (Å²) >= 11 is 2.30. The van der Waals surface area contributed by atoms with Crippen molar-refractivity contribution in [3.05, 3.63) is 33.4 Å². The molecule has 1 aromatic carbocycles. The van der Waals surface area contributed by atoms with Gasteiger partial charge in [-0.15, -0.1) is 0 Å². The van der Waals surface area contributed by atoms with Crippen LogP contribution in [0.5, 0.6) is 0 Å². The zero-order valence-electron chi connectivity index (χ0n) is 9.03. The van der Waals surface area contributed by atoms with E-state index in [0.29, 0.717) is 5.92 Å². The molecule has 0 radical (unpaired) electrons. The van der Waals surface area contributed by atoms with Crippen LogP contribution in [0.3, 0.4) is 0 Å². The minimum atomic E-state index is -0.624. The van der Waals surface area contributed by atoms with Crippen LogP contribution in [0.2, 0.25) is 0 Å². The SMILES string of the molecule is O=C(O)C1CCC(c2ccc(I)cc2)CC1. The minimum absolute atomic E-state index is 0.111. The maximum atomic E-state index is 10.8. The summed E-state index contributed by atoms with van der Waals surface area (Å²) in [6.07, 6.45) is 3.67. The Hall–Kier alpha value is -0.580. The number of hydrogen-bond acceptors (Lipinski definition) is 1. The highest BCUT2D eigenvalue weighted by atomic mass is 127. The van der Waals surface area contributed by atoms with E-state index in [2.05, 4.69) is 46.9 Å². The van der Waals surface area contributed by atoms with Gasteiger partial charge >= 0.3 is 5.97 Å². The predicted molar refractivity (Wildman–Crippen MR) is 71.5 cm³/mol. The maximum absolute atomic E-state index is 10.8. The first-order valence-electron chi connectivity index (χ1n) is 5.65. The van der Waals surface area contributed by atoms with Crippen LogP contribution in [-0.2, 0) is 4.79 Å². The molecule has 3 heteroatoms. The lowest BCUT2D eigenvalue weighted by Crippen LogP contribution is -2.20. The number of rotatable bonds is 2. The van der Waals surface area contributed by atoms with Crippen molar-refractivity contribution in [1.29, 1.82) is 0 Å². The second-order valence-electron chi connectivity index (χ2n) is 4.44. The summed E-state index contributed by atoms with van der Waals surface area (Å²) in [7, 11) is 0. The quantitative estimate of drug-likeness (QED) is 0.841. The van der Waals surface area contributed by atoms with E-state index in [-0.39, 0.29) is 5.92 Å². The van der Waals surface area contributed by atoms with Crippen molar-refractivity contribution in [3.8, 4) is 0 Å². The fourth-order valence-corrected chi connectivity index (χ4v) is 2.77. The Morgan fingerprint density at radius 1 is 1.12 bits per heavy atom. The zero-order chi connectivity index (χ0) is 11.5. The second-order valence-corrected chi connectivity index (χ2v) is 5.68. The van der Waals surface area contributed by atoms with E-state index in [4.69, 9.17) is 5.11 Å². The molecule has 0 spiro atoms. The van der Waals surface area contributed by atoms with Crippen LogP contribution in [0.4, 0.5) is 0 Å². The van der Waals surface area contributed by atoms with Crippen molar-refractivity contribution < 1.29 is 9.90 Å². The number of halogens is 1. The average molecular weight is 330 g/mol.